The lowest BCUT2D eigenvalue weighted by Crippen LogP contribution is -2.34. The molecular weight excluding hydrogens is 267 g/mol. The summed E-state index contributed by atoms with van der Waals surface area (Å²) >= 11 is 0. The second-order valence-electron chi connectivity index (χ2n) is 5.10. The van der Waals surface area contributed by atoms with E-state index >= 15 is 0 Å². The van der Waals surface area contributed by atoms with Gasteiger partial charge in [-0.2, -0.15) is 0 Å². The molecule has 106 valence electrons. The summed E-state index contributed by atoms with van der Waals surface area (Å²) < 4.78 is 37.2. The molecule has 2 rings (SSSR count). The molecule has 6 heteroatoms. The first-order valence-electron chi connectivity index (χ1n) is 6.30. The summed E-state index contributed by atoms with van der Waals surface area (Å²) in [6.45, 7) is 1.60. The maximum absolute atomic E-state index is 13.3. The third-order valence-corrected chi connectivity index (χ3v) is 5.12. The summed E-state index contributed by atoms with van der Waals surface area (Å²) in [6.07, 6.45) is 0.492. The summed E-state index contributed by atoms with van der Waals surface area (Å²) in [5.74, 6) is -0.277. The molecule has 1 atom stereocenters. The molecule has 0 amide bonds. The Labute approximate surface area is 113 Å². The van der Waals surface area contributed by atoms with Gasteiger partial charge in [0.2, 0.25) is 0 Å². The van der Waals surface area contributed by atoms with Crippen molar-refractivity contribution < 1.29 is 12.8 Å². The van der Waals surface area contributed by atoms with Gasteiger partial charge in [0.1, 0.15) is 5.82 Å². The second kappa shape index (κ2) is 5.56. The van der Waals surface area contributed by atoms with Crippen molar-refractivity contribution in [1.82, 2.24) is 10.2 Å². The molecule has 1 N–H and O–H groups in total. The van der Waals surface area contributed by atoms with E-state index in [2.05, 4.69) is 5.32 Å². The summed E-state index contributed by atoms with van der Waals surface area (Å²) in [7, 11) is 0.695. The van der Waals surface area contributed by atoms with Gasteiger partial charge in [0.05, 0.1) is 10.6 Å². The lowest BCUT2D eigenvalue weighted by atomic mass is 10.0. The molecule has 0 aliphatic carbocycles. The van der Waals surface area contributed by atoms with Gasteiger partial charge < -0.3 is 10.2 Å². The van der Waals surface area contributed by atoms with Crippen LogP contribution < -0.4 is 5.32 Å². The van der Waals surface area contributed by atoms with Crippen molar-refractivity contribution in [1.29, 1.82) is 0 Å². The zero-order valence-corrected chi connectivity index (χ0v) is 12.0. The predicted molar refractivity (Wildman–Crippen MR) is 72.4 cm³/mol. The van der Waals surface area contributed by atoms with Gasteiger partial charge in [-0.15, -0.1) is 0 Å². The average Bonchev–Trinajstić information content (AvgIpc) is 2.31. The van der Waals surface area contributed by atoms with E-state index in [9.17, 15) is 12.8 Å². The van der Waals surface area contributed by atoms with Gasteiger partial charge in [-0.3, -0.25) is 0 Å². The highest BCUT2D eigenvalue weighted by molar-refractivity contribution is 7.91. The van der Waals surface area contributed by atoms with Crippen molar-refractivity contribution in [3.8, 4) is 0 Å². The highest BCUT2D eigenvalue weighted by Crippen LogP contribution is 2.32. The Morgan fingerprint density at radius 3 is 2.84 bits per heavy atom. The highest BCUT2D eigenvalue weighted by atomic mass is 32.2. The molecule has 1 aromatic carbocycles. The van der Waals surface area contributed by atoms with Crippen LogP contribution >= 0.6 is 0 Å². The molecule has 0 saturated heterocycles. The lowest BCUT2D eigenvalue weighted by molar-refractivity contribution is 0.379. The number of nitrogens with one attached hydrogen (secondary N) is 1. The molecule has 0 fully saturated rings. The monoisotopic (exact) mass is 286 g/mol. The van der Waals surface area contributed by atoms with Gasteiger partial charge in [0.15, 0.2) is 9.84 Å². The normalized spacial score (nSPS) is 21.4. The maximum Gasteiger partial charge on any atom is 0.178 e. The van der Waals surface area contributed by atoms with Crippen molar-refractivity contribution in [2.45, 2.75) is 17.4 Å². The second-order valence-corrected chi connectivity index (χ2v) is 7.18. The number of fused-ring (bicyclic) bond motifs is 1. The van der Waals surface area contributed by atoms with Crippen LogP contribution in [0.5, 0.6) is 0 Å². The highest BCUT2D eigenvalue weighted by Gasteiger charge is 2.30. The van der Waals surface area contributed by atoms with Crippen LogP contribution in [-0.4, -0.2) is 46.3 Å². The molecule has 1 aliphatic rings. The fraction of sp³-hybridized carbons (Fsp3) is 0.538. The Bertz CT molecular complexity index is 558. The number of rotatable bonds is 4. The number of likely N-dealkylation sites (N-methyl/N-ethyl adjacent to an activating group) is 1. The largest absolute Gasteiger partial charge is 0.309 e. The minimum Gasteiger partial charge on any atom is -0.309 e. The molecule has 1 aliphatic heterocycles. The number of nitrogens with zero attached hydrogens (tertiary/aromatic N) is 1. The molecule has 19 heavy (non-hydrogen) atoms. The zero-order chi connectivity index (χ0) is 14.0. The Balaban J connectivity index is 2.23. The van der Waals surface area contributed by atoms with E-state index in [-0.39, 0.29) is 16.7 Å². The van der Waals surface area contributed by atoms with Crippen LogP contribution in [0.2, 0.25) is 0 Å². The maximum atomic E-state index is 13.3. The van der Waals surface area contributed by atoms with Gasteiger partial charge in [-0.05, 0) is 44.3 Å². The lowest BCUT2D eigenvalue weighted by Gasteiger charge is -2.27. The van der Waals surface area contributed by atoms with E-state index in [1.807, 2.05) is 19.0 Å². The summed E-state index contributed by atoms with van der Waals surface area (Å²) in [5, 5.41) is 3.30. The van der Waals surface area contributed by atoms with Crippen molar-refractivity contribution in [2.24, 2.45) is 0 Å². The molecule has 0 radical (unpaired) electrons. The van der Waals surface area contributed by atoms with Gasteiger partial charge in [-0.1, -0.05) is 0 Å². The van der Waals surface area contributed by atoms with Crippen molar-refractivity contribution in [3.63, 3.8) is 0 Å². The summed E-state index contributed by atoms with van der Waals surface area (Å²) in [6, 6.07) is 3.83. The van der Waals surface area contributed by atoms with E-state index in [4.69, 9.17) is 0 Å². The molecule has 0 aromatic heterocycles. The van der Waals surface area contributed by atoms with Crippen molar-refractivity contribution in [2.75, 3.05) is 32.9 Å². The van der Waals surface area contributed by atoms with Gasteiger partial charge in [-0.25, -0.2) is 12.8 Å². The van der Waals surface area contributed by atoms with Crippen LogP contribution in [0.4, 0.5) is 4.39 Å². The van der Waals surface area contributed by atoms with Crippen molar-refractivity contribution >= 4 is 9.84 Å². The average molecular weight is 286 g/mol. The van der Waals surface area contributed by atoms with Crippen LogP contribution in [0.1, 0.15) is 18.0 Å². The Kier molecular flexibility index (Phi) is 4.23. The van der Waals surface area contributed by atoms with Crippen LogP contribution in [0, 0.1) is 5.82 Å². The Morgan fingerprint density at radius 1 is 1.42 bits per heavy atom. The first kappa shape index (κ1) is 14.4. The van der Waals surface area contributed by atoms with Crippen LogP contribution in [0.15, 0.2) is 23.1 Å². The topological polar surface area (TPSA) is 49.4 Å². The fourth-order valence-corrected chi connectivity index (χ4v) is 3.89. The minimum absolute atomic E-state index is 0.0887. The van der Waals surface area contributed by atoms with Gasteiger partial charge in [0, 0.05) is 19.1 Å². The van der Waals surface area contributed by atoms with Gasteiger partial charge in [0.25, 0.3) is 0 Å². The molecular formula is C13H19FN2O2S. The number of hydrogen-bond acceptors (Lipinski definition) is 4. The molecule has 4 nitrogen and oxygen atoms in total. The van der Waals surface area contributed by atoms with Crippen molar-refractivity contribution in [3.05, 3.63) is 29.6 Å². The number of benzene rings is 1. The van der Waals surface area contributed by atoms with Crippen LogP contribution in [-0.2, 0) is 9.84 Å². The molecule has 0 spiro atoms. The smallest absolute Gasteiger partial charge is 0.178 e. The van der Waals surface area contributed by atoms with E-state index in [0.717, 1.165) is 13.1 Å². The standard InChI is InChI=1S/C13H19FN2O2S/c1-16(2)7-6-15-12-5-8-19(17,18)13-4-3-10(14)9-11(12)13/h3-4,9,12,15H,5-8H2,1-2H3. The third kappa shape index (κ3) is 3.32. The van der Waals surface area contributed by atoms with E-state index in [1.165, 1.54) is 18.2 Å². The molecule has 1 unspecified atom stereocenters. The van der Waals surface area contributed by atoms with E-state index in [0.29, 0.717) is 12.0 Å². The quantitative estimate of drug-likeness (QED) is 0.845. The Hall–Kier alpha value is -0.980. The molecule has 0 bridgehead atoms. The van der Waals surface area contributed by atoms with Crippen LogP contribution in [0.3, 0.4) is 0 Å². The number of sulfone groups is 1. The number of halogens is 1. The predicted octanol–water partition coefficient (Wildman–Crippen LogP) is 1.20. The summed E-state index contributed by atoms with van der Waals surface area (Å²) in [5.41, 5.74) is 0.560. The Morgan fingerprint density at radius 2 is 2.16 bits per heavy atom. The SMILES string of the molecule is CN(C)CCNC1CCS(=O)(=O)c2ccc(F)cc21. The first-order valence-corrected chi connectivity index (χ1v) is 7.96. The number of hydrogen-bond donors (Lipinski definition) is 1. The minimum atomic E-state index is -3.25. The summed E-state index contributed by atoms with van der Waals surface area (Å²) in [4.78, 5) is 2.31. The molecule has 0 saturated carbocycles. The van der Waals surface area contributed by atoms with E-state index in [1.54, 1.807) is 0 Å². The third-order valence-electron chi connectivity index (χ3n) is 3.31. The molecule has 1 aromatic rings. The zero-order valence-electron chi connectivity index (χ0n) is 11.2. The van der Waals surface area contributed by atoms with Gasteiger partial charge >= 0.3 is 0 Å². The van der Waals surface area contributed by atoms with E-state index < -0.39 is 15.7 Å². The first-order chi connectivity index (χ1) is 8.90. The van der Waals surface area contributed by atoms with Crippen LogP contribution in [0.25, 0.3) is 0 Å². The fourth-order valence-electron chi connectivity index (χ4n) is 2.29. The molecule has 1 heterocycles.